The van der Waals surface area contributed by atoms with Gasteiger partial charge in [-0.25, -0.2) is 0 Å². The Hall–Kier alpha value is -2.70. The van der Waals surface area contributed by atoms with Crippen LogP contribution in [-0.2, 0) is 6.42 Å². The minimum atomic E-state index is -0.527. The number of amides is 2. The molecule has 0 radical (unpaired) electrons. The van der Waals surface area contributed by atoms with E-state index in [1.807, 2.05) is 13.0 Å². The molecule has 2 aromatic carbocycles. The molecule has 6 nitrogen and oxygen atoms in total. The van der Waals surface area contributed by atoms with Crippen LogP contribution < -0.4 is 16.2 Å². The molecule has 1 aliphatic heterocycles. The maximum Gasteiger partial charge on any atom is 0.262 e. The first-order valence-corrected chi connectivity index (χ1v) is 10.1. The molecule has 4 N–H and O–H groups in total. The molecular weight excluding hydrogens is 366 g/mol. The van der Waals surface area contributed by atoms with Gasteiger partial charge in [0.25, 0.3) is 11.8 Å². The fourth-order valence-corrected chi connectivity index (χ4v) is 4.37. The number of hydrogen-bond acceptors (Lipinski definition) is 5. The number of methoxy groups -OCH3 is 1. The number of aryl methyl sites for hydroxylation is 1. The van der Waals surface area contributed by atoms with Gasteiger partial charge in [-0.1, -0.05) is 12.2 Å². The Bertz CT molecular complexity index is 1040. The lowest BCUT2D eigenvalue weighted by atomic mass is 9.84. The molecule has 0 fully saturated rings. The van der Waals surface area contributed by atoms with Gasteiger partial charge in [-0.05, 0) is 68.5 Å². The summed E-state index contributed by atoms with van der Waals surface area (Å²) in [4.78, 5) is 28.1. The molecular formula is C23H27N3O3. The second-order valence-corrected chi connectivity index (χ2v) is 8.21. The van der Waals surface area contributed by atoms with Gasteiger partial charge in [-0.15, -0.1) is 0 Å². The van der Waals surface area contributed by atoms with E-state index in [9.17, 15) is 9.59 Å². The summed E-state index contributed by atoms with van der Waals surface area (Å²) in [5.74, 6) is 0.139. The number of hydrogen-bond donors (Lipinski definition) is 2. The molecule has 2 aromatic rings. The normalized spacial score (nSPS) is 17.4. The maximum absolute atomic E-state index is 13.5. The summed E-state index contributed by atoms with van der Waals surface area (Å²) < 4.78 is 5.53. The number of nitrogens with zero attached hydrogens (tertiary/aromatic N) is 1. The average Bonchev–Trinajstić information content (AvgIpc) is 2.70. The van der Waals surface area contributed by atoms with Crippen LogP contribution in [0.1, 0.15) is 58.0 Å². The first kappa shape index (κ1) is 19.6. The van der Waals surface area contributed by atoms with Crippen molar-refractivity contribution >= 4 is 28.7 Å². The van der Waals surface area contributed by atoms with E-state index in [1.54, 1.807) is 19.2 Å². The van der Waals surface area contributed by atoms with Crippen molar-refractivity contribution in [2.45, 2.75) is 38.1 Å². The summed E-state index contributed by atoms with van der Waals surface area (Å²) in [6.07, 6.45) is 7.01. The van der Waals surface area contributed by atoms with Crippen molar-refractivity contribution in [3.63, 3.8) is 0 Å². The molecule has 0 bridgehead atoms. The first-order chi connectivity index (χ1) is 13.9. The Morgan fingerprint density at radius 1 is 1.21 bits per heavy atom. The highest BCUT2D eigenvalue weighted by molar-refractivity contribution is 6.27. The van der Waals surface area contributed by atoms with Crippen LogP contribution in [-0.4, -0.2) is 42.5 Å². The van der Waals surface area contributed by atoms with E-state index in [4.69, 9.17) is 16.2 Å². The van der Waals surface area contributed by atoms with E-state index >= 15 is 0 Å². The molecule has 2 amide bonds. The Labute approximate surface area is 170 Å². The van der Waals surface area contributed by atoms with Gasteiger partial charge in [0.2, 0.25) is 0 Å². The Morgan fingerprint density at radius 3 is 2.72 bits per heavy atom. The van der Waals surface area contributed by atoms with E-state index in [-0.39, 0.29) is 18.4 Å². The lowest BCUT2D eigenvalue weighted by Crippen LogP contribution is -2.46. The Morgan fingerprint density at radius 2 is 2.00 bits per heavy atom. The molecule has 0 aromatic heterocycles. The minimum absolute atomic E-state index is 0.257. The first-order valence-electron chi connectivity index (χ1n) is 10.1. The van der Waals surface area contributed by atoms with Crippen molar-refractivity contribution in [2.24, 2.45) is 11.5 Å². The smallest absolute Gasteiger partial charge is 0.262 e. The third kappa shape index (κ3) is 3.22. The average molecular weight is 393 g/mol. The molecule has 1 unspecified atom stereocenters. The van der Waals surface area contributed by atoms with E-state index < -0.39 is 5.54 Å². The summed E-state index contributed by atoms with van der Waals surface area (Å²) in [5, 5.41) is 1.51. The molecule has 29 heavy (non-hydrogen) atoms. The highest BCUT2D eigenvalue weighted by Gasteiger charge is 2.37. The lowest BCUT2D eigenvalue weighted by Gasteiger charge is -2.32. The van der Waals surface area contributed by atoms with E-state index in [0.717, 1.165) is 29.4 Å². The number of fused-ring (bicyclic) bond motifs is 2. The number of nitrogens with two attached hydrogens (primary N) is 2. The van der Waals surface area contributed by atoms with Crippen LogP contribution in [0.25, 0.3) is 16.8 Å². The van der Waals surface area contributed by atoms with Crippen LogP contribution in [0.2, 0.25) is 0 Å². The Kier molecular flexibility index (Phi) is 4.92. The predicted molar refractivity (Wildman–Crippen MR) is 114 cm³/mol. The number of carbonyl (C=O) groups is 2. The van der Waals surface area contributed by atoms with Gasteiger partial charge in [0, 0.05) is 28.4 Å². The van der Waals surface area contributed by atoms with Crippen LogP contribution in [0.5, 0.6) is 5.75 Å². The van der Waals surface area contributed by atoms with Gasteiger partial charge in [0.1, 0.15) is 5.75 Å². The van der Waals surface area contributed by atoms with Crippen LogP contribution >= 0.6 is 0 Å². The van der Waals surface area contributed by atoms with Gasteiger partial charge in [-0.2, -0.15) is 0 Å². The second kappa shape index (κ2) is 7.28. The second-order valence-electron chi connectivity index (χ2n) is 8.21. The highest BCUT2D eigenvalue weighted by atomic mass is 16.5. The predicted octanol–water partition coefficient (Wildman–Crippen LogP) is 2.86. The number of benzene rings is 2. The molecule has 0 saturated carbocycles. The van der Waals surface area contributed by atoms with Gasteiger partial charge in [0.15, 0.2) is 0 Å². The highest BCUT2D eigenvalue weighted by Crippen LogP contribution is 2.40. The van der Waals surface area contributed by atoms with Crippen LogP contribution in [0.4, 0.5) is 0 Å². The van der Waals surface area contributed by atoms with E-state index in [1.165, 1.54) is 4.90 Å². The van der Waals surface area contributed by atoms with Gasteiger partial charge >= 0.3 is 0 Å². The van der Waals surface area contributed by atoms with Crippen molar-refractivity contribution in [1.29, 1.82) is 0 Å². The van der Waals surface area contributed by atoms with Crippen LogP contribution in [0.3, 0.4) is 0 Å². The topological polar surface area (TPSA) is 98.7 Å². The number of rotatable bonds is 6. The SMILES string of the molecule is COc1ccc2c3c(c4c(cc13)CCC=C4)C(=O)N(CCC(C)(N)CCN)C2=O. The zero-order chi connectivity index (χ0) is 20.8. The quantitative estimate of drug-likeness (QED) is 0.736. The third-order valence-electron chi connectivity index (χ3n) is 6.03. The summed E-state index contributed by atoms with van der Waals surface area (Å²) >= 11 is 0. The fraction of sp³-hybridized carbons (Fsp3) is 0.391. The largest absolute Gasteiger partial charge is 0.496 e. The van der Waals surface area contributed by atoms with Gasteiger partial charge in [-0.3, -0.25) is 14.5 Å². The molecule has 6 heteroatoms. The fourth-order valence-electron chi connectivity index (χ4n) is 4.37. The summed E-state index contributed by atoms with van der Waals surface area (Å²) in [7, 11) is 1.61. The molecule has 0 saturated heterocycles. The van der Waals surface area contributed by atoms with E-state index in [2.05, 4.69) is 12.1 Å². The minimum Gasteiger partial charge on any atom is -0.496 e. The molecule has 4 rings (SSSR count). The monoisotopic (exact) mass is 393 g/mol. The zero-order valence-electron chi connectivity index (χ0n) is 17.0. The van der Waals surface area contributed by atoms with Crippen molar-refractivity contribution in [3.8, 4) is 5.75 Å². The summed E-state index contributed by atoms with van der Waals surface area (Å²) in [5.41, 5.74) is 14.6. The van der Waals surface area contributed by atoms with Gasteiger partial charge in [0.05, 0.1) is 12.7 Å². The standard InChI is InChI=1S/C23H27N3O3/c1-23(25,9-11-24)10-12-26-21(27)16-7-8-18(29-2)17-13-14-5-3-4-6-15(14)20(19(16)17)22(26)28/h4,6-8,13H,3,5,9-12,24-25H2,1-2H3. The molecule has 1 aliphatic carbocycles. The van der Waals surface area contributed by atoms with Gasteiger partial charge < -0.3 is 16.2 Å². The molecule has 152 valence electrons. The number of imide groups is 1. The summed E-state index contributed by atoms with van der Waals surface area (Å²) in [6, 6.07) is 5.63. The van der Waals surface area contributed by atoms with Crippen molar-refractivity contribution in [3.05, 3.63) is 46.5 Å². The number of allylic oxidation sites excluding steroid dienone is 1. The Balaban J connectivity index is 1.86. The summed E-state index contributed by atoms with van der Waals surface area (Å²) in [6.45, 7) is 2.64. The van der Waals surface area contributed by atoms with E-state index in [0.29, 0.717) is 41.6 Å². The number of carbonyl (C=O) groups excluding carboxylic acids is 2. The third-order valence-corrected chi connectivity index (χ3v) is 6.03. The van der Waals surface area contributed by atoms with Crippen molar-refractivity contribution < 1.29 is 14.3 Å². The van der Waals surface area contributed by atoms with Crippen LogP contribution in [0, 0.1) is 0 Å². The number of ether oxygens (including phenoxy) is 1. The van der Waals surface area contributed by atoms with Crippen molar-refractivity contribution in [1.82, 2.24) is 4.90 Å². The molecule has 1 atom stereocenters. The molecule has 1 heterocycles. The maximum atomic E-state index is 13.5. The molecule has 0 spiro atoms. The lowest BCUT2D eigenvalue weighted by molar-refractivity contribution is 0.0599. The zero-order valence-corrected chi connectivity index (χ0v) is 17.0. The van der Waals surface area contributed by atoms with Crippen LogP contribution in [0.15, 0.2) is 24.3 Å². The molecule has 2 aliphatic rings. The van der Waals surface area contributed by atoms with Crippen molar-refractivity contribution in [2.75, 3.05) is 20.2 Å².